The smallest absolute Gasteiger partial charge is 0.326 e. The average Bonchev–Trinajstić information content (AvgIpc) is 2.74. The summed E-state index contributed by atoms with van der Waals surface area (Å²) < 4.78 is 11.5. The number of esters is 1. The fourth-order valence-corrected chi connectivity index (χ4v) is 3.62. The zero-order valence-corrected chi connectivity index (χ0v) is 17.7. The van der Waals surface area contributed by atoms with E-state index in [-0.39, 0.29) is 12.1 Å². The Morgan fingerprint density at radius 3 is 2.36 bits per heavy atom. The van der Waals surface area contributed by atoms with Gasteiger partial charge in [-0.05, 0) is 69.1 Å². The van der Waals surface area contributed by atoms with Gasteiger partial charge in [-0.15, -0.1) is 0 Å². The van der Waals surface area contributed by atoms with Gasteiger partial charge in [0, 0.05) is 0 Å². The van der Waals surface area contributed by atoms with Gasteiger partial charge in [0.15, 0.2) is 5.41 Å². The van der Waals surface area contributed by atoms with Crippen molar-refractivity contribution < 1.29 is 14.3 Å². The number of rotatable bonds is 10. The third-order valence-electron chi connectivity index (χ3n) is 5.97. The molecular formula is C24H35NO3. The summed E-state index contributed by atoms with van der Waals surface area (Å²) >= 11 is 0. The fourth-order valence-electron chi connectivity index (χ4n) is 3.62. The molecule has 0 radical (unpaired) electrons. The summed E-state index contributed by atoms with van der Waals surface area (Å²) in [6.45, 7) is 6.51. The van der Waals surface area contributed by atoms with E-state index in [0.29, 0.717) is 12.3 Å². The Kier molecular flexibility index (Phi) is 8.83. The molecule has 2 rings (SSSR count). The first-order chi connectivity index (χ1) is 13.5. The van der Waals surface area contributed by atoms with Crippen molar-refractivity contribution in [3.05, 3.63) is 29.8 Å². The summed E-state index contributed by atoms with van der Waals surface area (Å²) in [5.41, 5.74) is 0.307. The largest absolute Gasteiger partial charge is 0.494 e. The third kappa shape index (κ3) is 6.26. The average molecular weight is 386 g/mol. The summed E-state index contributed by atoms with van der Waals surface area (Å²) in [7, 11) is 0. The molecule has 0 heterocycles. The highest BCUT2D eigenvalue weighted by atomic mass is 16.5. The highest BCUT2D eigenvalue weighted by Gasteiger charge is 2.35. The van der Waals surface area contributed by atoms with Crippen molar-refractivity contribution >= 4 is 5.97 Å². The summed E-state index contributed by atoms with van der Waals surface area (Å²) in [4.78, 5) is 12.3. The van der Waals surface area contributed by atoms with Crippen molar-refractivity contribution in [1.29, 1.82) is 5.26 Å². The summed E-state index contributed by atoms with van der Waals surface area (Å²) in [6.07, 6.45) is 9.00. The quantitative estimate of drug-likeness (QED) is 0.358. The van der Waals surface area contributed by atoms with Crippen molar-refractivity contribution in [2.45, 2.75) is 90.6 Å². The zero-order chi connectivity index (χ0) is 20.4. The monoisotopic (exact) mass is 385 g/mol. The molecule has 0 saturated heterocycles. The minimum absolute atomic E-state index is 0.0614. The lowest BCUT2D eigenvalue weighted by Gasteiger charge is -2.30. The molecule has 0 amide bonds. The van der Waals surface area contributed by atoms with Crippen molar-refractivity contribution in [2.75, 3.05) is 6.61 Å². The number of carbonyl (C=O) groups is 1. The second-order valence-corrected chi connectivity index (χ2v) is 8.15. The standard InChI is InChI=1S/C24H35NO3/c1-4-6-7-8-17-27-21-13-9-19(10-14-21)20-11-15-22(16-12-20)28-23(26)24(3,5-2)18-25/h9-10,13-14,20,22H,4-8,11-12,15-17H2,1-3H3. The van der Waals surface area contributed by atoms with Crippen molar-refractivity contribution in [2.24, 2.45) is 5.41 Å². The Hall–Kier alpha value is -2.02. The normalized spacial score (nSPS) is 21.4. The number of hydrogen-bond acceptors (Lipinski definition) is 4. The van der Waals surface area contributed by atoms with E-state index in [0.717, 1.165) is 44.5 Å². The van der Waals surface area contributed by atoms with Crippen LogP contribution in [0.1, 0.15) is 90.0 Å². The van der Waals surface area contributed by atoms with Crippen LogP contribution in [0.3, 0.4) is 0 Å². The molecule has 1 unspecified atom stereocenters. The van der Waals surface area contributed by atoms with Crippen LogP contribution in [0.5, 0.6) is 5.75 Å². The van der Waals surface area contributed by atoms with E-state index >= 15 is 0 Å². The Morgan fingerprint density at radius 1 is 1.11 bits per heavy atom. The van der Waals surface area contributed by atoms with E-state index in [2.05, 4.69) is 37.3 Å². The lowest BCUT2D eigenvalue weighted by Crippen LogP contribution is -2.33. The number of nitrogens with zero attached hydrogens (tertiary/aromatic N) is 1. The second kappa shape index (κ2) is 11.1. The summed E-state index contributed by atoms with van der Waals surface area (Å²) in [5, 5.41) is 9.23. The summed E-state index contributed by atoms with van der Waals surface area (Å²) in [6, 6.07) is 10.6. The molecule has 28 heavy (non-hydrogen) atoms. The van der Waals surface area contributed by atoms with E-state index in [1.54, 1.807) is 6.92 Å². The highest BCUT2D eigenvalue weighted by Crippen LogP contribution is 2.35. The molecule has 4 heteroatoms. The molecule has 0 aromatic heterocycles. The van der Waals surface area contributed by atoms with E-state index in [1.165, 1.54) is 24.8 Å². The molecule has 1 saturated carbocycles. The van der Waals surface area contributed by atoms with Crippen LogP contribution in [-0.2, 0) is 9.53 Å². The summed E-state index contributed by atoms with van der Waals surface area (Å²) in [5.74, 6) is 1.07. The molecule has 1 fully saturated rings. The Balaban J connectivity index is 1.77. The topological polar surface area (TPSA) is 59.3 Å². The maximum absolute atomic E-state index is 12.3. The van der Waals surface area contributed by atoms with Gasteiger partial charge in [0.1, 0.15) is 11.9 Å². The van der Waals surface area contributed by atoms with Crippen molar-refractivity contribution in [3.8, 4) is 11.8 Å². The number of hydrogen-bond donors (Lipinski definition) is 0. The molecule has 0 aliphatic heterocycles. The first-order valence-corrected chi connectivity index (χ1v) is 10.9. The van der Waals surface area contributed by atoms with E-state index in [9.17, 15) is 10.1 Å². The van der Waals surface area contributed by atoms with Gasteiger partial charge in [0.2, 0.25) is 0 Å². The predicted molar refractivity (Wildman–Crippen MR) is 111 cm³/mol. The van der Waals surface area contributed by atoms with Crippen LogP contribution in [0.2, 0.25) is 0 Å². The number of nitriles is 1. The van der Waals surface area contributed by atoms with Gasteiger partial charge in [-0.1, -0.05) is 45.2 Å². The Morgan fingerprint density at radius 2 is 1.79 bits per heavy atom. The predicted octanol–water partition coefficient (Wildman–Crippen LogP) is 6.15. The molecule has 154 valence electrons. The number of carbonyl (C=O) groups excluding carboxylic acids is 1. The van der Waals surface area contributed by atoms with Crippen molar-refractivity contribution in [1.82, 2.24) is 0 Å². The molecule has 1 aliphatic carbocycles. The van der Waals surface area contributed by atoms with Crippen LogP contribution in [0, 0.1) is 16.7 Å². The Labute approximate surface area is 170 Å². The van der Waals surface area contributed by atoms with E-state index in [1.807, 2.05) is 6.92 Å². The van der Waals surface area contributed by atoms with Crippen LogP contribution in [0.4, 0.5) is 0 Å². The maximum Gasteiger partial charge on any atom is 0.326 e. The number of unbranched alkanes of at least 4 members (excludes halogenated alkanes) is 3. The number of ether oxygens (including phenoxy) is 2. The SMILES string of the molecule is CCCCCCOc1ccc(C2CCC(OC(=O)C(C)(C#N)CC)CC2)cc1. The first-order valence-electron chi connectivity index (χ1n) is 10.9. The van der Waals surface area contributed by atoms with Crippen LogP contribution in [-0.4, -0.2) is 18.7 Å². The van der Waals surface area contributed by atoms with Gasteiger partial charge < -0.3 is 9.47 Å². The molecule has 1 aromatic carbocycles. The van der Waals surface area contributed by atoms with Crippen LogP contribution in [0.15, 0.2) is 24.3 Å². The van der Waals surface area contributed by atoms with Crippen molar-refractivity contribution in [3.63, 3.8) is 0 Å². The molecule has 0 N–H and O–H groups in total. The second-order valence-electron chi connectivity index (χ2n) is 8.15. The lowest BCUT2D eigenvalue weighted by molar-refractivity contribution is -0.159. The van der Waals surface area contributed by atoms with Gasteiger partial charge in [-0.2, -0.15) is 5.26 Å². The minimum atomic E-state index is -1.02. The van der Waals surface area contributed by atoms with Crippen LogP contribution < -0.4 is 4.74 Å². The molecule has 0 bridgehead atoms. The lowest BCUT2D eigenvalue weighted by atomic mass is 9.82. The molecule has 1 aliphatic rings. The third-order valence-corrected chi connectivity index (χ3v) is 5.97. The fraction of sp³-hybridized carbons (Fsp3) is 0.667. The van der Waals surface area contributed by atoms with Gasteiger partial charge in [0.05, 0.1) is 12.7 Å². The van der Waals surface area contributed by atoms with Gasteiger partial charge in [-0.3, -0.25) is 4.79 Å². The molecule has 4 nitrogen and oxygen atoms in total. The van der Waals surface area contributed by atoms with Crippen LogP contribution >= 0.6 is 0 Å². The molecule has 1 atom stereocenters. The van der Waals surface area contributed by atoms with E-state index in [4.69, 9.17) is 9.47 Å². The zero-order valence-electron chi connectivity index (χ0n) is 17.7. The van der Waals surface area contributed by atoms with Gasteiger partial charge in [-0.25, -0.2) is 0 Å². The van der Waals surface area contributed by atoms with Gasteiger partial charge >= 0.3 is 5.97 Å². The molecule has 1 aromatic rings. The first kappa shape index (κ1) is 22.3. The maximum atomic E-state index is 12.3. The minimum Gasteiger partial charge on any atom is -0.494 e. The van der Waals surface area contributed by atoms with E-state index < -0.39 is 5.41 Å². The number of benzene rings is 1. The molecular weight excluding hydrogens is 350 g/mol. The van der Waals surface area contributed by atoms with Crippen LogP contribution in [0.25, 0.3) is 0 Å². The molecule has 0 spiro atoms. The van der Waals surface area contributed by atoms with Gasteiger partial charge in [0.25, 0.3) is 0 Å². The Bertz CT molecular complexity index is 641. The highest BCUT2D eigenvalue weighted by molar-refractivity contribution is 5.79.